The van der Waals surface area contributed by atoms with Crippen molar-refractivity contribution in [3.05, 3.63) is 96.6 Å². The van der Waals surface area contributed by atoms with Gasteiger partial charge in [0.2, 0.25) is 0 Å². The molecule has 4 rings (SSSR count). The van der Waals surface area contributed by atoms with Crippen molar-refractivity contribution in [2.75, 3.05) is 7.05 Å². The molecule has 1 amide bonds. The van der Waals surface area contributed by atoms with Gasteiger partial charge >= 0.3 is 0 Å². The van der Waals surface area contributed by atoms with Crippen molar-refractivity contribution in [1.29, 1.82) is 5.26 Å². The summed E-state index contributed by atoms with van der Waals surface area (Å²) in [5.74, 6) is -0.399. The van der Waals surface area contributed by atoms with Crippen molar-refractivity contribution in [3.8, 4) is 17.2 Å². The maximum absolute atomic E-state index is 13.4. The van der Waals surface area contributed by atoms with Gasteiger partial charge in [0.1, 0.15) is 6.79 Å². The second-order valence-electron chi connectivity index (χ2n) is 7.94. The molecule has 0 saturated heterocycles. The third-order valence-electron chi connectivity index (χ3n) is 6.34. The molecule has 0 radical (unpaired) electrons. The van der Waals surface area contributed by atoms with Crippen LogP contribution in [0.15, 0.2) is 84.9 Å². The summed E-state index contributed by atoms with van der Waals surface area (Å²) in [6.45, 7) is 13.8. The van der Waals surface area contributed by atoms with Gasteiger partial charge in [0, 0.05) is 13.0 Å². The zero-order valence-electron chi connectivity index (χ0n) is 20.1. The molecule has 35 heavy (non-hydrogen) atoms. The van der Waals surface area contributed by atoms with Gasteiger partial charge in [-0.2, -0.15) is 5.26 Å². The Morgan fingerprint density at radius 1 is 1.26 bits per heavy atom. The van der Waals surface area contributed by atoms with Gasteiger partial charge in [0.15, 0.2) is 11.5 Å². The maximum Gasteiger partial charge on any atom is 0.261 e. The fourth-order valence-corrected chi connectivity index (χ4v) is 4.67. The Hall–Kier alpha value is -4.28. The lowest BCUT2D eigenvalue weighted by Gasteiger charge is -2.40. The maximum atomic E-state index is 13.4. The Morgan fingerprint density at radius 3 is 2.46 bits per heavy atom. The lowest BCUT2D eigenvalue weighted by Crippen LogP contribution is -2.45. The monoisotopic (exact) mass is 470 g/mol. The minimum atomic E-state index is -1.21. The molecule has 3 unspecified atom stereocenters. The van der Waals surface area contributed by atoms with E-state index in [4.69, 9.17) is 10.5 Å². The number of nitrogens with two attached hydrogens (primary N) is 1. The first-order valence-corrected chi connectivity index (χ1v) is 10.9. The summed E-state index contributed by atoms with van der Waals surface area (Å²) in [5.41, 5.74) is 9.25. The highest BCUT2D eigenvalue weighted by molar-refractivity contribution is 6.07. The van der Waals surface area contributed by atoms with E-state index in [-0.39, 0.29) is 17.8 Å². The first-order chi connectivity index (χ1) is 16.9. The molecule has 180 valence electrons. The molecule has 0 saturated carbocycles. The molecular formula is C28H30N4O3. The van der Waals surface area contributed by atoms with Crippen molar-refractivity contribution < 1.29 is 14.7 Å². The topological polar surface area (TPSA) is 120 Å². The van der Waals surface area contributed by atoms with E-state index in [0.29, 0.717) is 23.1 Å². The lowest BCUT2D eigenvalue weighted by molar-refractivity contribution is -0.132. The first-order valence-electron chi connectivity index (χ1n) is 10.9. The van der Waals surface area contributed by atoms with Crippen LogP contribution in [-0.2, 0) is 15.1 Å². The van der Waals surface area contributed by atoms with Crippen molar-refractivity contribution in [2.24, 2.45) is 16.6 Å². The number of nitriles is 1. The van der Waals surface area contributed by atoms with Crippen LogP contribution in [0.3, 0.4) is 0 Å². The number of hydrogen-bond acceptors (Lipinski definition) is 6. The summed E-state index contributed by atoms with van der Waals surface area (Å²) in [7, 11) is 1.61. The number of hydrogen-bond donors (Lipinski definition) is 2. The van der Waals surface area contributed by atoms with E-state index in [1.807, 2.05) is 50.1 Å². The number of rotatable bonds is 3. The molecule has 0 fully saturated rings. The predicted octanol–water partition coefficient (Wildman–Crippen LogP) is 4.01. The highest BCUT2D eigenvalue weighted by Crippen LogP contribution is 2.51. The summed E-state index contributed by atoms with van der Waals surface area (Å²) in [6.07, 6.45) is 3.10. The second-order valence-corrected chi connectivity index (χ2v) is 7.94. The zero-order chi connectivity index (χ0) is 26.3. The summed E-state index contributed by atoms with van der Waals surface area (Å²) in [4.78, 5) is 27.4. The van der Waals surface area contributed by atoms with Crippen molar-refractivity contribution in [1.82, 2.24) is 4.90 Å². The van der Waals surface area contributed by atoms with Gasteiger partial charge < -0.3 is 15.6 Å². The molecule has 3 atom stereocenters. The van der Waals surface area contributed by atoms with Crippen LogP contribution in [0.4, 0.5) is 0 Å². The molecule has 3 N–H and O–H groups in total. The predicted molar refractivity (Wildman–Crippen MR) is 138 cm³/mol. The summed E-state index contributed by atoms with van der Waals surface area (Å²) in [5, 5.41) is 20.5. The lowest BCUT2D eigenvalue weighted by atomic mass is 9.67. The molecule has 7 heteroatoms. The number of nitrogens with zero attached hydrogens (tertiary/aromatic N) is 3. The summed E-state index contributed by atoms with van der Waals surface area (Å²) < 4.78 is 0. The molecule has 1 heterocycles. The Morgan fingerprint density at radius 2 is 1.91 bits per heavy atom. The third-order valence-corrected chi connectivity index (χ3v) is 6.34. The van der Waals surface area contributed by atoms with Gasteiger partial charge in [-0.15, -0.1) is 13.2 Å². The minimum absolute atomic E-state index is 0.156. The summed E-state index contributed by atoms with van der Waals surface area (Å²) in [6, 6.07) is 15.1. The average Bonchev–Trinajstić information content (AvgIpc) is 3.13. The van der Waals surface area contributed by atoms with Crippen LogP contribution in [0.25, 0.3) is 11.1 Å². The molecule has 1 aliphatic carbocycles. The number of carbonyl (C=O) groups is 2. The normalized spacial score (nSPS) is 22.6. The van der Waals surface area contributed by atoms with E-state index in [9.17, 15) is 15.2 Å². The molecule has 2 aliphatic rings. The average molecular weight is 471 g/mol. The van der Waals surface area contributed by atoms with Crippen molar-refractivity contribution >= 4 is 18.7 Å². The number of fused-ring (bicyclic) bond motifs is 2. The van der Waals surface area contributed by atoms with E-state index in [0.717, 1.165) is 16.7 Å². The van der Waals surface area contributed by atoms with Crippen molar-refractivity contribution in [2.45, 2.75) is 25.0 Å². The van der Waals surface area contributed by atoms with E-state index in [2.05, 4.69) is 30.8 Å². The number of amides is 1. The minimum Gasteiger partial charge on any atom is -0.388 e. The number of likely N-dealkylation sites (N-methyl/N-ethyl adjacent to an activating group) is 1. The second kappa shape index (κ2) is 11.2. The quantitative estimate of drug-likeness (QED) is 0.519. The van der Waals surface area contributed by atoms with Crippen LogP contribution in [-0.4, -0.2) is 35.7 Å². The largest absolute Gasteiger partial charge is 0.388 e. The molecule has 1 aliphatic heterocycles. The number of aliphatic hydroxyl groups excluding tert-OH is 1. The van der Waals surface area contributed by atoms with E-state index in [1.54, 1.807) is 25.3 Å². The van der Waals surface area contributed by atoms with Gasteiger partial charge in [-0.3, -0.25) is 9.69 Å². The fourth-order valence-electron chi connectivity index (χ4n) is 4.67. The Balaban J connectivity index is 0.00000103. The number of aliphatic imine (C=N–C) groups is 1. The van der Waals surface area contributed by atoms with Gasteiger partial charge in [-0.1, -0.05) is 43.0 Å². The van der Waals surface area contributed by atoms with Crippen LogP contribution in [0, 0.1) is 17.2 Å². The van der Waals surface area contributed by atoms with E-state index in [1.165, 1.54) is 4.90 Å². The number of benzene rings is 2. The Labute approximate surface area is 206 Å². The number of carbonyl (C=O) groups excluding carboxylic acids is 2. The standard InChI is InChI=1S/C25H24N4O2.C2H4.CH2O/c1-4-16(5-2)20-13-25(23(31)29(3)24(27)28-25)21-12-18(9-10-19(21)22(20)30)17-8-6-7-15(11-17)14-26;2*1-2/h4-12,20,22,30H,1,13H2,2-3H3,(H2,27,28);1-2H2;1H2/b16-5+;;. The van der Waals surface area contributed by atoms with Crippen LogP contribution >= 0.6 is 0 Å². The molecule has 2 aromatic carbocycles. The van der Waals surface area contributed by atoms with Gasteiger partial charge in [-0.25, -0.2) is 4.99 Å². The van der Waals surface area contributed by atoms with Crippen LogP contribution in [0.5, 0.6) is 0 Å². The highest BCUT2D eigenvalue weighted by atomic mass is 16.3. The van der Waals surface area contributed by atoms with E-state index >= 15 is 0 Å². The molecule has 7 nitrogen and oxygen atoms in total. The van der Waals surface area contributed by atoms with Crippen LogP contribution < -0.4 is 5.73 Å². The van der Waals surface area contributed by atoms with Crippen LogP contribution in [0.1, 0.15) is 36.1 Å². The summed E-state index contributed by atoms with van der Waals surface area (Å²) >= 11 is 0. The Bertz CT molecular complexity index is 1220. The number of allylic oxidation sites excluding steroid dienone is 2. The molecule has 2 aromatic rings. The number of aliphatic hydroxyl groups is 1. The van der Waals surface area contributed by atoms with E-state index < -0.39 is 11.6 Å². The third kappa shape index (κ3) is 4.57. The fraction of sp³-hybridized carbons (Fsp3) is 0.214. The van der Waals surface area contributed by atoms with Gasteiger partial charge in [-0.05, 0) is 59.4 Å². The molecule has 0 aromatic heterocycles. The molecular weight excluding hydrogens is 440 g/mol. The zero-order valence-corrected chi connectivity index (χ0v) is 20.1. The van der Waals surface area contributed by atoms with Crippen molar-refractivity contribution in [3.63, 3.8) is 0 Å². The highest BCUT2D eigenvalue weighted by Gasteiger charge is 2.54. The first kappa shape index (κ1) is 27.0. The SMILES string of the molecule is C=C.C=C/C(=C\C)C1CC2(N=C(N)N(C)C2=O)c2cc(-c3cccc(C#N)c3)ccc2C1O.C=O. The molecule has 1 spiro atoms. The smallest absolute Gasteiger partial charge is 0.261 e. The number of guanidine groups is 1. The van der Waals surface area contributed by atoms with Gasteiger partial charge in [0.25, 0.3) is 5.91 Å². The van der Waals surface area contributed by atoms with Crippen LogP contribution in [0.2, 0.25) is 0 Å². The molecule has 0 bridgehead atoms. The van der Waals surface area contributed by atoms with Gasteiger partial charge in [0.05, 0.1) is 17.7 Å². The Kier molecular flexibility index (Phi) is 8.65.